The highest BCUT2D eigenvalue weighted by Crippen LogP contribution is 2.02. The summed E-state index contributed by atoms with van der Waals surface area (Å²) in [5.74, 6) is 5.31. The van der Waals surface area contributed by atoms with E-state index in [1.807, 2.05) is 24.3 Å². The Bertz CT molecular complexity index is 231. The van der Waals surface area contributed by atoms with Crippen LogP contribution < -0.4 is 11.3 Å². The van der Waals surface area contributed by atoms with E-state index in [0.717, 1.165) is 6.42 Å². The Kier molecular flexibility index (Phi) is 3.51. The van der Waals surface area contributed by atoms with Crippen LogP contribution in [-0.4, -0.2) is 6.04 Å². The fourth-order valence-electron chi connectivity index (χ4n) is 1.08. The number of hydrogen-bond acceptors (Lipinski definition) is 2. The van der Waals surface area contributed by atoms with E-state index in [1.54, 1.807) is 0 Å². The molecule has 0 saturated carbocycles. The summed E-state index contributed by atoms with van der Waals surface area (Å²) >= 11 is 0. The van der Waals surface area contributed by atoms with Gasteiger partial charge in [-0.1, -0.05) is 36.4 Å². The van der Waals surface area contributed by atoms with Crippen LogP contribution in [0.4, 0.5) is 0 Å². The van der Waals surface area contributed by atoms with Crippen LogP contribution in [0.3, 0.4) is 0 Å². The average Bonchev–Trinajstić information content (AvgIpc) is 2.16. The fourth-order valence-corrected chi connectivity index (χ4v) is 1.08. The van der Waals surface area contributed by atoms with Crippen LogP contribution in [0.5, 0.6) is 0 Å². The van der Waals surface area contributed by atoms with Crippen molar-refractivity contribution in [3.05, 3.63) is 48.6 Å². The van der Waals surface area contributed by atoms with Gasteiger partial charge < -0.3 is 0 Å². The summed E-state index contributed by atoms with van der Waals surface area (Å²) in [5.41, 5.74) is 3.95. The Hall–Kier alpha value is -1.12. The first kappa shape index (κ1) is 8.97. The van der Waals surface area contributed by atoms with Gasteiger partial charge in [-0.15, -0.1) is 6.58 Å². The quantitative estimate of drug-likeness (QED) is 0.397. The van der Waals surface area contributed by atoms with Crippen molar-refractivity contribution in [2.75, 3.05) is 0 Å². The highest BCUT2D eigenvalue weighted by molar-refractivity contribution is 5.16. The second-order valence-electron chi connectivity index (χ2n) is 2.70. The summed E-state index contributed by atoms with van der Waals surface area (Å²) in [6, 6.07) is 10.4. The van der Waals surface area contributed by atoms with Crippen LogP contribution in [0.1, 0.15) is 5.56 Å². The van der Waals surface area contributed by atoms with Crippen molar-refractivity contribution >= 4 is 0 Å². The average molecular weight is 162 g/mol. The van der Waals surface area contributed by atoms with E-state index in [4.69, 9.17) is 5.84 Å². The van der Waals surface area contributed by atoms with Crippen LogP contribution in [-0.2, 0) is 6.42 Å². The molecule has 0 radical (unpaired) electrons. The minimum Gasteiger partial charge on any atom is -0.271 e. The van der Waals surface area contributed by atoms with Crippen molar-refractivity contribution in [3.8, 4) is 0 Å². The lowest BCUT2D eigenvalue weighted by Gasteiger charge is -2.09. The lowest BCUT2D eigenvalue weighted by molar-refractivity contribution is 0.618. The third-order valence-corrected chi connectivity index (χ3v) is 1.80. The molecule has 12 heavy (non-hydrogen) atoms. The van der Waals surface area contributed by atoms with E-state index in [2.05, 4.69) is 24.1 Å². The molecule has 1 rings (SSSR count). The summed E-state index contributed by atoms with van der Waals surface area (Å²) in [6.45, 7) is 3.69. The van der Waals surface area contributed by atoms with Gasteiger partial charge in [0.05, 0.1) is 0 Å². The molecule has 0 bridgehead atoms. The normalized spacial score (nSPS) is 12.4. The SMILES string of the molecule is C=CC(Cc1ccccc1)NN. The third-order valence-electron chi connectivity index (χ3n) is 1.80. The Morgan fingerprint density at radius 1 is 1.42 bits per heavy atom. The molecule has 0 fully saturated rings. The van der Waals surface area contributed by atoms with E-state index in [0.29, 0.717) is 0 Å². The van der Waals surface area contributed by atoms with Gasteiger partial charge in [0.1, 0.15) is 0 Å². The smallest absolute Gasteiger partial charge is 0.0428 e. The first-order valence-electron chi connectivity index (χ1n) is 3.99. The number of hydrogen-bond donors (Lipinski definition) is 2. The molecule has 0 saturated heterocycles. The zero-order valence-electron chi connectivity index (χ0n) is 7.03. The first-order chi connectivity index (χ1) is 5.86. The van der Waals surface area contributed by atoms with Crippen molar-refractivity contribution in [1.82, 2.24) is 5.43 Å². The van der Waals surface area contributed by atoms with Crippen LogP contribution in [0, 0.1) is 0 Å². The zero-order valence-corrected chi connectivity index (χ0v) is 7.03. The van der Waals surface area contributed by atoms with Gasteiger partial charge in [-0.25, -0.2) is 0 Å². The van der Waals surface area contributed by atoms with Crippen molar-refractivity contribution in [3.63, 3.8) is 0 Å². The van der Waals surface area contributed by atoms with Crippen LogP contribution >= 0.6 is 0 Å². The van der Waals surface area contributed by atoms with Gasteiger partial charge in [-0.05, 0) is 12.0 Å². The number of nitrogens with one attached hydrogen (secondary N) is 1. The van der Waals surface area contributed by atoms with Crippen LogP contribution in [0.25, 0.3) is 0 Å². The maximum Gasteiger partial charge on any atom is 0.0428 e. The van der Waals surface area contributed by atoms with Gasteiger partial charge in [-0.2, -0.15) is 0 Å². The van der Waals surface area contributed by atoms with Gasteiger partial charge in [0, 0.05) is 6.04 Å². The van der Waals surface area contributed by atoms with E-state index in [1.165, 1.54) is 5.56 Å². The molecule has 0 heterocycles. The van der Waals surface area contributed by atoms with Crippen LogP contribution in [0.15, 0.2) is 43.0 Å². The van der Waals surface area contributed by atoms with E-state index in [-0.39, 0.29) is 6.04 Å². The Morgan fingerprint density at radius 3 is 2.58 bits per heavy atom. The third kappa shape index (κ3) is 2.49. The minimum atomic E-state index is 0.160. The Balaban J connectivity index is 2.56. The topological polar surface area (TPSA) is 38.0 Å². The molecule has 1 unspecified atom stereocenters. The molecule has 64 valence electrons. The minimum absolute atomic E-state index is 0.160. The standard InChI is InChI=1S/C10H14N2/c1-2-10(12-11)8-9-6-4-3-5-7-9/h2-7,10,12H,1,8,11H2. The molecule has 1 aromatic carbocycles. The molecule has 2 heteroatoms. The zero-order chi connectivity index (χ0) is 8.81. The molecule has 0 aliphatic rings. The highest BCUT2D eigenvalue weighted by atomic mass is 15.2. The van der Waals surface area contributed by atoms with Crippen molar-refractivity contribution in [1.29, 1.82) is 0 Å². The molecule has 0 aliphatic heterocycles. The molecular weight excluding hydrogens is 148 g/mol. The predicted octanol–water partition coefficient (Wildman–Crippen LogP) is 1.25. The van der Waals surface area contributed by atoms with Gasteiger partial charge >= 0.3 is 0 Å². The Morgan fingerprint density at radius 2 is 2.08 bits per heavy atom. The van der Waals surface area contributed by atoms with Crippen molar-refractivity contribution in [2.45, 2.75) is 12.5 Å². The largest absolute Gasteiger partial charge is 0.271 e. The molecule has 1 atom stereocenters. The van der Waals surface area contributed by atoms with Gasteiger partial charge in [0.2, 0.25) is 0 Å². The van der Waals surface area contributed by atoms with Crippen LogP contribution in [0.2, 0.25) is 0 Å². The van der Waals surface area contributed by atoms with Gasteiger partial charge in [0.25, 0.3) is 0 Å². The summed E-state index contributed by atoms with van der Waals surface area (Å²) < 4.78 is 0. The number of hydrazine groups is 1. The number of rotatable bonds is 4. The van der Waals surface area contributed by atoms with E-state index in [9.17, 15) is 0 Å². The summed E-state index contributed by atoms with van der Waals surface area (Å²) in [7, 11) is 0. The maximum absolute atomic E-state index is 5.31. The van der Waals surface area contributed by atoms with E-state index < -0.39 is 0 Å². The summed E-state index contributed by atoms with van der Waals surface area (Å²) in [6.07, 6.45) is 2.70. The number of nitrogens with two attached hydrogens (primary N) is 1. The Labute approximate surface area is 73.1 Å². The molecule has 0 spiro atoms. The summed E-state index contributed by atoms with van der Waals surface area (Å²) in [4.78, 5) is 0. The maximum atomic E-state index is 5.31. The molecular formula is C10H14N2. The highest BCUT2D eigenvalue weighted by Gasteiger charge is 2.00. The van der Waals surface area contributed by atoms with Gasteiger partial charge in [-0.3, -0.25) is 11.3 Å². The molecule has 3 N–H and O–H groups in total. The van der Waals surface area contributed by atoms with Crippen molar-refractivity contribution in [2.24, 2.45) is 5.84 Å². The second kappa shape index (κ2) is 4.70. The molecule has 0 aromatic heterocycles. The monoisotopic (exact) mass is 162 g/mol. The van der Waals surface area contributed by atoms with Crippen molar-refractivity contribution < 1.29 is 0 Å². The lowest BCUT2D eigenvalue weighted by atomic mass is 10.1. The molecule has 0 aliphatic carbocycles. The fraction of sp³-hybridized carbons (Fsp3) is 0.200. The van der Waals surface area contributed by atoms with E-state index >= 15 is 0 Å². The van der Waals surface area contributed by atoms with Gasteiger partial charge in [0.15, 0.2) is 0 Å². The number of benzene rings is 1. The second-order valence-corrected chi connectivity index (χ2v) is 2.70. The molecule has 0 amide bonds. The molecule has 2 nitrogen and oxygen atoms in total. The summed E-state index contributed by atoms with van der Waals surface area (Å²) in [5, 5.41) is 0. The predicted molar refractivity (Wildman–Crippen MR) is 51.5 cm³/mol. The lowest BCUT2D eigenvalue weighted by Crippen LogP contribution is -2.34. The molecule has 1 aromatic rings. The first-order valence-corrected chi connectivity index (χ1v) is 3.99.